The molecular formula is C14H20N4O3. The van der Waals surface area contributed by atoms with Crippen molar-refractivity contribution in [3.63, 3.8) is 0 Å². The molecule has 0 unspecified atom stereocenters. The third kappa shape index (κ3) is 3.30. The molecule has 0 saturated carbocycles. The quantitative estimate of drug-likeness (QED) is 0.750. The van der Waals surface area contributed by atoms with Gasteiger partial charge in [-0.2, -0.15) is 0 Å². The van der Waals surface area contributed by atoms with E-state index in [1.807, 2.05) is 6.92 Å². The molecule has 1 atom stereocenters. The molecule has 1 aliphatic rings. The fourth-order valence-electron chi connectivity index (χ4n) is 2.39. The Morgan fingerprint density at radius 1 is 1.52 bits per heavy atom. The lowest BCUT2D eigenvalue weighted by Crippen LogP contribution is -2.46. The van der Waals surface area contributed by atoms with E-state index in [0.29, 0.717) is 12.2 Å². The van der Waals surface area contributed by atoms with Gasteiger partial charge in [0.2, 0.25) is 11.8 Å². The number of nitrogens with one attached hydrogen (secondary N) is 2. The number of aromatic nitrogens is 1. The summed E-state index contributed by atoms with van der Waals surface area (Å²) in [6, 6.07) is 1.48. The van der Waals surface area contributed by atoms with Crippen molar-refractivity contribution >= 4 is 17.5 Å². The highest BCUT2D eigenvalue weighted by Gasteiger charge is 2.34. The number of piperidine rings is 1. The summed E-state index contributed by atoms with van der Waals surface area (Å²) in [5.74, 6) is -0.607. The van der Waals surface area contributed by atoms with Gasteiger partial charge in [-0.1, -0.05) is 0 Å². The number of amides is 2. The van der Waals surface area contributed by atoms with Crippen LogP contribution in [0, 0.1) is 5.41 Å². The first-order valence-corrected chi connectivity index (χ1v) is 6.82. The lowest BCUT2D eigenvalue weighted by molar-refractivity contribution is -0.125. The molecule has 0 aliphatic carbocycles. The first-order chi connectivity index (χ1) is 9.96. The Hall–Kier alpha value is -2.15. The van der Waals surface area contributed by atoms with E-state index >= 15 is 0 Å². The number of pyridine rings is 1. The topological polar surface area (TPSA) is 106 Å². The van der Waals surface area contributed by atoms with Crippen LogP contribution in [-0.4, -0.2) is 37.0 Å². The Morgan fingerprint density at radius 3 is 2.86 bits per heavy atom. The molecule has 4 N–H and O–H groups in total. The van der Waals surface area contributed by atoms with E-state index in [1.54, 1.807) is 0 Å². The van der Waals surface area contributed by atoms with E-state index in [0.717, 1.165) is 19.4 Å². The van der Waals surface area contributed by atoms with Gasteiger partial charge in [0.05, 0.1) is 24.4 Å². The van der Waals surface area contributed by atoms with E-state index in [2.05, 4.69) is 15.6 Å². The lowest BCUT2D eigenvalue weighted by Gasteiger charge is -2.32. The molecule has 0 radical (unpaired) electrons. The van der Waals surface area contributed by atoms with Crippen LogP contribution in [0.5, 0.6) is 5.88 Å². The average Bonchev–Trinajstić information content (AvgIpc) is 2.47. The van der Waals surface area contributed by atoms with Crippen molar-refractivity contribution in [1.29, 1.82) is 0 Å². The number of hydrogen-bond acceptors (Lipinski definition) is 5. The number of methoxy groups -OCH3 is 1. The van der Waals surface area contributed by atoms with Gasteiger partial charge in [-0.05, 0) is 32.4 Å². The second-order valence-electron chi connectivity index (χ2n) is 5.44. The van der Waals surface area contributed by atoms with Crippen LogP contribution in [0.25, 0.3) is 0 Å². The second kappa shape index (κ2) is 6.09. The zero-order chi connectivity index (χ0) is 15.5. The zero-order valence-electron chi connectivity index (χ0n) is 12.2. The normalized spacial score (nSPS) is 21.6. The summed E-state index contributed by atoms with van der Waals surface area (Å²) in [7, 11) is 1.40. The number of nitrogens with two attached hydrogens (primary N) is 1. The van der Waals surface area contributed by atoms with Crippen LogP contribution in [0.2, 0.25) is 0 Å². The third-order valence-electron chi connectivity index (χ3n) is 3.71. The first kappa shape index (κ1) is 15.2. The number of ether oxygens (including phenoxy) is 1. The van der Waals surface area contributed by atoms with Crippen molar-refractivity contribution in [3.8, 4) is 5.88 Å². The fourth-order valence-corrected chi connectivity index (χ4v) is 2.39. The maximum absolute atomic E-state index is 12.4. The van der Waals surface area contributed by atoms with Crippen LogP contribution in [0.1, 0.15) is 30.1 Å². The second-order valence-corrected chi connectivity index (χ2v) is 5.44. The van der Waals surface area contributed by atoms with Crippen LogP contribution >= 0.6 is 0 Å². The molecule has 0 bridgehead atoms. The van der Waals surface area contributed by atoms with Crippen molar-refractivity contribution < 1.29 is 14.3 Å². The van der Waals surface area contributed by atoms with Crippen molar-refractivity contribution in [2.24, 2.45) is 11.1 Å². The smallest absolute Gasteiger partial charge is 0.254 e. The SMILES string of the molecule is COc1ncc(NC(=O)[C@@]2(C)CCCNC2)cc1C(N)=O. The molecular weight excluding hydrogens is 272 g/mol. The van der Waals surface area contributed by atoms with Crippen molar-refractivity contribution in [2.75, 3.05) is 25.5 Å². The number of primary amides is 1. The first-order valence-electron chi connectivity index (χ1n) is 6.82. The van der Waals surface area contributed by atoms with Crippen LogP contribution in [0.15, 0.2) is 12.3 Å². The Kier molecular flexibility index (Phi) is 4.42. The monoisotopic (exact) mass is 292 g/mol. The van der Waals surface area contributed by atoms with Crippen molar-refractivity contribution in [2.45, 2.75) is 19.8 Å². The Bertz CT molecular complexity index is 553. The molecule has 7 heteroatoms. The summed E-state index contributed by atoms with van der Waals surface area (Å²) in [5.41, 5.74) is 5.38. The summed E-state index contributed by atoms with van der Waals surface area (Å²) < 4.78 is 4.97. The maximum atomic E-state index is 12.4. The number of hydrogen-bond donors (Lipinski definition) is 3. The van der Waals surface area contributed by atoms with Crippen LogP contribution in [0.4, 0.5) is 5.69 Å². The Morgan fingerprint density at radius 2 is 2.29 bits per heavy atom. The van der Waals surface area contributed by atoms with Gasteiger partial charge in [0.1, 0.15) is 5.56 Å². The minimum Gasteiger partial charge on any atom is -0.480 e. The third-order valence-corrected chi connectivity index (χ3v) is 3.71. The molecule has 2 amide bonds. The van der Waals surface area contributed by atoms with Crippen molar-refractivity contribution in [1.82, 2.24) is 10.3 Å². The van der Waals surface area contributed by atoms with Crippen LogP contribution in [-0.2, 0) is 4.79 Å². The van der Waals surface area contributed by atoms with Gasteiger partial charge < -0.3 is 21.1 Å². The predicted octanol–water partition coefficient (Wildman–Crippen LogP) is 0.517. The fraction of sp³-hybridized carbons (Fsp3) is 0.500. The van der Waals surface area contributed by atoms with E-state index < -0.39 is 11.3 Å². The lowest BCUT2D eigenvalue weighted by atomic mass is 9.82. The molecule has 7 nitrogen and oxygen atoms in total. The Balaban J connectivity index is 2.17. The van der Waals surface area contributed by atoms with Crippen LogP contribution < -0.4 is 21.1 Å². The highest BCUT2D eigenvalue weighted by molar-refractivity contribution is 5.99. The van der Waals surface area contributed by atoms with E-state index in [4.69, 9.17) is 10.5 Å². The predicted molar refractivity (Wildman–Crippen MR) is 78.1 cm³/mol. The van der Waals surface area contributed by atoms with Gasteiger partial charge in [-0.15, -0.1) is 0 Å². The molecule has 0 aromatic carbocycles. The maximum Gasteiger partial charge on any atom is 0.254 e. The molecule has 1 fully saturated rings. The molecule has 2 heterocycles. The summed E-state index contributed by atoms with van der Waals surface area (Å²) in [5, 5.41) is 6.01. The minimum absolute atomic E-state index is 0.0999. The number of anilines is 1. The largest absolute Gasteiger partial charge is 0.480 e. The molecule has 1 aromatic rings. The molecule has 1 saturated heterocycles. The number of rotatable bonds is 4. The van der Waals surface area contributed by atoms with Gasteiger partial charge in [0.15, 0.2) is 0 Å². The molecule has 21 heavy (non-hydrogen) atoms. The average molecular weight is 292 g/mol. The number of carbonyl (C=O) groups is 2. The number of carbonyl (C=O) groups excluding carboxylic acids is 2. The van der Waals surface area contributed by atoms with Gasteiger partial charge in [-0.3, -0.25) is 9.59 Å². The molecule has 114 valence electrons. The summed E-state index contributed by atoms with van der Waals surface area (Å²) in [4.78, 5) is 27.7. The zero-order valence-corrected chi connectivity index (χ0v) is 12.2. The van der Waals surface area contributed by atoms with Gasteiger partial charge in [0, 0.05) is 6.54 Å². The standard InChI is InChI=1S/C14H20N4O3/c1-14(4-3-5-16-8-14)13(20)18-9-6-10(11(15)19)12(21-2)17-7-9/h6-7,16H,3-5,8H2,1-2H3,(H2,15,19)(H,18,20)/t14-/m0/s1. The van der Waals surface area contributed by atoms with Gasteiger partial charge in [-0.25, -0.2) is 4.98 Å². The Labute approximate surface area is 123 Å². The highest BCUT2D eigenvalue weighted by Crippen LogP contribution is 2.28. The molecule has 2 rings (SSSR count). The summed E-state index contributed by atoms with van der Waals surface area (Å²) >= 11 is 0. The van der Waals surface area contributed by atoms with E-state index in [1.165, 1.54) is 19.4 Å². The minimum atomic E-state index is -0.652. The van der Waals surface area contributed by atoms with E-state index in [9.17, 15) is 9.59 Å². The summed E-state index contributed by atoms with van der Waals surface area (Å²) in [6.07, 6.45) is 3.22. The van der Waals surface area contributed by atoms with E-state index in [-0.39, 0.29) is 17.4 Å². The van der Waals surface area contributed by atoms with Gasteiger partial charge in [0.25, 0.3) is 5.91 Å². The highest BCUT2D eigenvalue weighted by atomic mass is 16.5. The molecule has 1 aromatic heterocycles. The van der Waals surface area contributed by atoms with Crippen molar-refractivity contribution in [3.05, 3.63) is 17.8 Å². The number of nitrogens with zero attached hydrogens (tertiary/aromatic N) is 1. The molecule has 0 spiro atoms. The van der Waals surface area contributed by atoms with Crippen LogP contribution in [0.3, 0.4) is 0 Å². The molecule has 1 aliphatic heterocycles. The summed E-state index contributed by atoms with van der Waals surface area (Å²) in [6.45, 7) is 3.48. The van der Waals surface area contributed by atoms with Gasteiger partial charge >= 0.3 is 0 Å².